The Hall–Kier alpha value is -2.48. The molecule has 4 nitrogen and oxygen atoms in total. The lowest BCUT2D eigenvalue weighted by Gasteiger charge is -2.09. The largest absolute Gasteiger partial charge is 0.368 e. The SMILES string of the molecule is CCCc1nc(N)nc(Cc2ccccc2F)c1C#N. The van der Waals surface area contributed by atoms with Crippen LogP contribution in [0.25, 0.3) is 0 Å². The summed E-state index contributed by atoms with van der Waals surface area (Å²) in [6.07, 6.45) is 1.74. The first-order valence-electron chi connectivity index (χ1n) is 6.44. The molecule has 5 heteroatoms. The number of hydrogen-bond acceptors (Lipinski definition) is 4. The second-order valence-corrected chi connectivity index (χ2v) is 4.48. The van der Waals surface area contributed by atoms with Gasteiger partial charge in [0, 0.05) is 6.42 Å². The Labute approximate surface area is 117 Å². The summed E-state index contributed by atoms with van der Waals surface area (Å²) < 4.78 is 13.7. The number of aryl methyl sites for hydroxylation is 1. The Morgan fingerprint density at radius 1 is 1.25 bits per heavy atom. The van der Waals surface area contributed by atoms with Gasteiger partial charge in [-0.1, -0.05) is 31.5 Å². The average molecular weight is 270 g/mol. The first kappa shape index (κ1) is 13.9. The molecule has 1 aromatic heterocycles. The molecule has 0 saturated carbocycles. The molecule has 20 heavy (non-hydrogen) atoms. The summed E-state index contributed by atoms with van der Waals surface area (Å²) in [5.74, 6) is -0.190. The molecule has 0 atom stereocenters. The highest BCUT2D eigenvalue weighted by Gasteiger charge is 2.14. The van der Waals surface area contributed by atoms with Crippen LogP contribution in [0.4, 0.5) is 10.3 Å². The highest BCUT2D eigenvalue weighted by molar-refractivity contribution is 5.43. The normalized spacial score (nSPS) is 10.2. The van der Waals surface area contributed by atoms with Crippen LogP contribution in [0.15, 0.2) is 24.3 Å². The van der Waals surface area contributed by atoms with E-state index in [2.05, 4.69) is 16.0 Å². The lowest BCUT2D eigenvalue weighted by molar-refractivity contribution is 0.613. The van der Waals surface area contributed by atoms with Crippen molar-refractivity contribution >= 4 is 5.95 Å². The summed E-state index contributed by atoms with van der Waals surface area (Å²) in [5, 5.41) is 9.30. The average Bonchev–Trinajstić information content (AvgIpc) is 2.41. The van der Waals surface area contributed by atoms with Crippen molar-refractivity contribution in [3.05, 3.63) is 52.6 Å². The zero-order chi connectivity index (χ0) is 14.5. The molecule has 0 saturated heterocycles. The maximum absolute atomic E-state index is 13.7. The van der Waals surface area contributed by atoms with Gasteiger partial charge in [-0.3, -0.25) is 0 Å². The smallest absolute Gasteiger partial charge is 0.220 e. The number of aromatic nitrogens is 2. The lowest BCUT2D eigenvalue weighted by atomic mass is 10.0. The summed E-state index contributed by atoms with van der Waals surface area (Å²) in [5.41, 5.74) is 7.69. The predicted octanol–water partition coefficient (Wildman–Crippen LogP) is 2.61. The molecule has 1 heterocycles. The molecule has 0 unspecified atom stereocenters. The van der Waals surface area contributed by atoms with E-state index in [9.17, 15) is 9.65 Å². The molecule has 0 bridgehead atoms. The Kier molecular flexibility index (Phi) is 4.26. The van der Waals surface area contributed by atoms with Gasteiger partial charge in [-0.05, 0) is 18.1 Å². The fourth-order valence-corrected chi connectivity index (χ4v) is 2.08. The van der Waals surface area contributed by atoms with Crippen molar-refractivity contribution in [1.82, 2.24) is 9.97 Å². The van der Waals surface area contributed by atoms with Crippen molar-refractivity contribution in [2.45, 2.75) is 26.2 Å². The molecule has 2 aromatic rings. The van der Waals surface area contributed by atoms with Crippen LogP contribution < -0.4 is 5.73 Å². The zero-order valence-corrected chi connectivity index (χ0v) is 11.2. The van der Waals surface area contributed by atoms with Crippen molar-refractivity contribution in [2.75, 3.05) is 5.73 Å². The van der Waals surface area contributed by atoms with Gasteiger partial charge in [-0.25, -0.2) is 14.4 Å². The van der Waals surface area contributed by atoms with Crippen LogP contribution in [0.2, 0.25) is 0 Å². The summed E-state index contributed by atoms with van der Waals surface area (Å²) in [7, 11) is 0. The van der Waals surface area contributed by atoms with E-state index in [0.29, 0.717) is 28.9 Å². The minimum absolute atomic E-state index is 0.124. The number of nitrogens with two attached hydrogens (primary N) is 1. The van der Waals surface area contributed by atoms with E-state index in [1.54, 1.807) is 18.2 Å². The van der Waals surface area contributed by atoms with Gasteiger partial charge in [-0.15, -0.1) is 0 Å². The molecule has 0 aliphatic rings. The van der Waals surface area contributed by atoms with Crippen molar-refractivity contribution in [1.29, 1.82) is 5.26 Å². The Morgan fingerprint density at radius 2 is 1.95 bits per heavy atom. The van der Waals surface area contributed by atoms with Crippen molar-refractivity contribution in [3.8, 4) is 6.07 Å². The highest BCUT2D eigenvalue weighted by atomic mass is 19.1. The third kappa shape index (κ3) is 2.91. The minimum atomic E-state index is -0.314. The van der Waals surface area contributed by atoms with E-state index in [1.165, 1.54) is 6.07 Å². The molecule has 1 aromatic carbocycles. The van der Waals surface area contributed by atoms with Crippen LogP contribution >= 0.6 is 0 Å². The van der Waals surface area contributed by atoms with Crippen LogP contribution in [0.5, 0.6) is 0 Å². The first-order valence-corrected chi connectivity index (χ1v) is 6.44. The summed E-state index contributed by atoms with van der Waals surface area (Å²) in [6.45, 7) is 2.00. The number of nitrogen functional groups attached to an aromatic ring is 1. The van der Waals surface area contributed by atoms with Gasteiger partial charge in [0.2, 0.25) is 5.95 Å². The van der Waals surface area contributed by atoms with Gasteiger partial charge in [0.1, 0.15) is 11.9 Å². The van der Waals surface area contributed by atoms with E-state index in [0.717, 1.165) is 6.42 Å². The summed E-state index contributed by atoms with van der Waals surface area (Å²) in [4.78, 5) is 8.21. The Morgan fingerprint density at radius 3 is 2.60 bits per heavy atom. The molecule has 102 valence electrons. The van der Waals surface area contributed by atoms with Crippen molar-refractivity contribution in [3.63, 3.8) is 0 Å². The van der Waals surface area contributed by atoms with E-state index in [-0.39, 0.29) is 18.2 Å². The summed E-state index contributed by atoms with van der Waals surface area (Å²) >= 11 is 0. The maximum Gasteiger partial charge on any atom is 0.220 e. The minimum Gasteiger partial charge on any atom is -0.368 e. The molecule has 2 rings (SSSR count). The van der Waals surface area contributed by atoms with Gasteiger partial charge >= 0.3 is 0 Å². The maximum atomic E-state index is 13.7. The number of hydrogen-bond donors (Lipinski definition) is 1. The van der Waals surface area contributed by atoms with Crippen LogP contribution in [0, 0.1) is 17.1 Å². The Bertz CT molecular complexity index is 661. The third-order valence-corrected chi connectivity index (χ3v) is 2.99. The van der Waals surface area contributed by atoms with Crippen LogP contribution in [0.3, 0.4) is 0 Å². The molecular formula is C15H15FN4. The van der Waals surface area contributed by atoms with Gasteiger partial charge < -0.3 is 5.73 Å². The van der Waals surface area contributed by atoms with Crippen LogP contribution in [-0.4, -0.2) is 9.97 Å². The van der Waals surface area contributed by atoms with Crippen molar-refractivity contribution < 1.29 is 4.39 Å². The molecular weight excluding hydrogens is 255 g/mol. The first-order chi connectivity index (χ1) is 9.65. The molecule has 0 aliphatic heterocycles. The van der Waals surface area contributed by atoms with Gasteiger partial charge in [0.05, 0.1) is 17.0 Å². The topological polar surface area (TPSA) is 75.6 Å². The standard InChI is InChI=1S/C15H15FN4/c1-2-5-13-11(9-17)14(20-15(18)19-13)8-10-6-3-4-7-12(10)16/h3-4,6-7H,2,5,8H2,1H3,(H2,18,19,20). The number of benzene rings is 1. The molecule has 0 fully saturated rings. The van der Waals surface area contributed by atoms with Crippen LogP contribution in [-0.2, 0) is 12.8 Å². The van der Waals surface area contributed by atoms with Gasteiger partial charge in [0.25, 0.3) is 0 Å². The molecule has 0 amide bonds. The monoisotopic (exact) mass is 270 g/mol. The predicted molar refractivity (Wildman–Crippen MR) is 74.4 cm³/mol. The molecule has 0 radical (unpaired) electrons. The Balaban J connectivity index is 2.46. The number of nitrogens with zero attached hydrogens (tertiary/aromatic N) is 3. The molecule has 0 aliphatic carbocycles. The van der Waals surface area contributed by atoms with E-state index >= 15 is 0 Å². The van der Waals surface area contributed by atoms with Crippen molar-refractivity contribution in [2.24, 2.45) is 0 Å². The fourth-order valence-electron chi connectivity index (χ4n) is 2.08. The van der Waals surface area contributed by atoms with E-state index in [4.69, 9.17) is 5.73 Å². The quantitative estimate of drug-likeness (QED) is 0.926. The van der Waals surface area contributed by atoms with Gasteiger partial charge in [-0.2, -0.15) is 5.26 Å². The van der Waals surface area contributed by atoms with E-state index < -0.39 is 0 Å². The van der Waals surface area contributed by atoms with Crippen LogP contribution in [0.1, 0.15) is 35.9 Å². The second kappa shape index (κ2) is 6.11. The zero-order valence-electron chi connectivity index (χ0n) is 11.2. The number of rotatable bonds is 4. The molecule has 2 N–H and O–H groups in total. The van der Waals surface area contributed by atoms with Gasteiger partial charge in [0.15, 0.2) is 0 Å². The highest BCUT2D eigenvalue weighted by Crippen LogP contribution is 2.18. The fraction of sp³-hybridized carbons (Fsp3) is 0.267. The lowest BCUT2D eigenvalue weighted by Crippen LogP contribution is -2.09. The number of halogens is 1. The second-order valence-electron chi connectivity index (χ2n) is 4.48. The number of anilines is 1. The van der Waals surface area contributed by atoms with E-state index in [1.807, 2.05) is 6.92 Å². The number of nitriles is 1. The molecule has 0 spiro atoms. The summed E-state index contributed by atoms with van der Waals surface area (Å²) in [6, 6.07) is 8.55. The third-order valence-electron chi connectivity index (χ3n) is 2.99.